The molecule has 0 spiro atoms. The van der Waals surface area contributed by atoms with Crippen LogP contribution in [0.4, 0.5) is 21.5 Å². The number of likely N-dealkylation sites (N-methyl/N-ethyl adjacent to an activating group) is 1. The molecule has 0 saturated carbocycles. The number of piperazine rings is 1. The molecule has 48 heavy (non-hydrogen) atoms. The predicted molar refractivity (Wildman–Crippen MR) is 180 cm³/mol. The molecule has 3 N–H and O–H groups in total. The zero-order valence-electron chi connectivity index (χ0n) is 27.1. The molecule has 12 heteroatoms. The molecule has 4 heterocycles. The summed E-state index contributed by atoms with van der Waals surface area (Å²) in [7, 11) is 1.78. The SMILES string of the molecule is Cc1cc(F)c(C(=O)Nc2cc(CN3CCN(C)C(=O)C3)cc(C(C)(C)C#N)c2)cc1C#Cc1cnc2c(Nc3cn[nH]c3)cccn12. The van der Waals surface area contributed by atoms with Crippen LogP contribution in [0.5, 0.6) is 0 Å². The van der Waals surface area contributed by atoms with Crippen molar-refractivity contribution in [1.29, 1.82) is 5.26 Å². The second-order valence-corrected chi connectivity index (χ2v) is 12.4. The average Bonchev–Trinajstić information content (AvgIpc) is 3.73. The third-order valence-electron chi connectivity index (χ3n) is 8.39. The van der Waals surface area contributed by atoms with E-state index in [1.165, 1.54) is 12.1 Å². The molecule has 1 aliphatic rings. The fraction of sp³-hybridized carbons (Fsp3) is 0.250. The highest BCUT2D eigenvalue weighted by atomic mass is 19.1. The van der Waals surface area contributed by atoms with Crippen molar-refractivity contribution in [3.63, 3.8) is 0 Å². The molecule has 242 valence electrons. The van der Waals surface area contributed by atoms with Crippen molar-refractivity contribution in [2.24, 2.45) is 0 Å². The van der Waals surface area contributed by atoms with Gasteiger partial charge in [-0.25, -0.2) is 9.37 Å². The maximum Gasteiger partial charge on any atom is 0.258 e. The minimum Gasteiger partial charge on any atom is -0.350 e. The molecule has 0 atom stereocenters. The minimum absolute atomic E-state index is 0.0330. The number of imidazole rings is 1. The van der Waals surface area contributed by atoms with Crippen LogP contribution in [0.15, 0.2) is 67.3 Å². The number of aromatic amines is 1. The van der Waals surface area contributed by atoms with Crippen LogP contribution in [-0.2, 0) is 16.8 Å². The van der Waals surface area contributed by atoms with E-state index in [2.05, 4.69) is 43.7 Å². The number of anilines is 3. The number of nitrogens with zero attached hydrogens (tertiary/aromatic N) is 6. The fourth-order valence-corrected chi connectivity index (χ4v) is 5.47. The van der Waals surface area contributed by atoms with E-state index < -0.39 is 17.1 Å². The van der Waals surface area contributed by atoms with Crippen molar-refractivity contribution >= 4 is 34.5 Å². The fourth-order valence-electron chi connectivity index (χ4n) is 5.47. The van der Waals surface area contributed by atoms with Gasteiger partial charge in [-0.1, -0.05) is 12.0 Å². The lowest BCUT2D eigenvalue weighted by atomic mass is 9.85. The van der Waals surface area contributed by atoms with Gasteiger partial charge >= 0.3 is 0 Å². The van der Waals surface area contributed by atoms with Gasteiger partial charge in [0.05, 0.1) is 47.4 Å². The summed E-state index contributed by atoms with van der Waals surface area (Å²) in [5.74, 6) is 4.92. The number of aryl methyl sites for hydroxylation is 1. The van der Waals surface area contributed by atoms with Crippen molar-refractivity contribution in [2.45, 2.75) is 32.7 Å². The van der Waals surface area contributed by atoms with Gasteiger partial charge < -0.3 is 15.5 Å². The number of nitriles is 1. The zero-order valence-corrected chi connectivity index (χ0v) is 27.1. The van der Waals surface area contributed by atoms with Crippen molar-refractivity contribution in [3.8, 4) is 17.9 Å². The van der Waals surface area contributed by atoms with E-state index in [0.29, 0.717) is 53.4 Å². The van der Waals surface area contributed by atoms with Gasteiger partial charge in [0.1, 0.15) is 11.5 Å². The predicted octanol–water partition coefficient (Wildman–Crippen LogP) is 4.98. The summed E-state index contributed by atoms with van der Waals surface area (Å²) in [6.45, 7) is 7.38. The topological polar surface area (TPSA) is 134 Å². The summed E-state index contributed by atoms with van der Waals surface area (Å²) in [6, 6.07) is 14.3. The average molecular weight is 644 g/mol. The Bertz CT molecular complexity index is 2130. The first-order valence-corrected chi connectivity index (χ1v) is 15.4. The number of hydrogen-bond acceptors (Lipinski definition) is 7. The van der Waals surface area contributed by atoms with Crippen LogP contribution in [0.2, 0.25) is 0 Å². The molecule has 6 rings (SSSR count). The Labute approximate surface area is 277 Å². The quantitative estimate of drug-likeness (QED) is 0.213. The second-order valence-electron chi connectivity index (χ2n) is 12.4. The van der Waals surface area contributed by atoms with Crippen molar-refractivity contribution < 1.29 is 14.0 Å². The van der Waals surface area contributed by atoms with Crippen LogP contribution in [0, 0.1) is 35.9 Å². The number of benzene rings is 2. The number of aromatic nitrogens is 4. The molecule has 2 aromatic carbocycles. The summed E-state index contributed by atoms with van der Waals surface area (Å²) in [4.78, 5) is 34.1. The Kier molecular flexibility index (Phi) is 8.68. The summed E-state index contributed by atoms with van der Waals surface area (Å²) in [5, 5.41) is 22.7. The zero-order chi connectivity index (χ0) is 34.0. The maximum atomic E-state index is 15.3. The molecular formula is C36H34FN9O2. The van der Waals surface area contributed by atoms with E-state index in [-0.39, 0.29) is 18.0 Å². The first-order chi connectivity index (χ1) is 23.0. The molecule has 11 nitrogen and oxygen atoms in total. The molecule has 1 fully saturated rings. The third-order valence-corrected chi connectivity index (χ3v) is 8.39. The van der Waals surface area contributed by atoms with E-state index >= 15 is 4.39 Å². The number of hydrogen-bond donors (Lipinski definition) is 3. The summed E-state index contributed by atoms with van der Waals surface area (Å²) < 4.78 is 17.1. The van der Waals surface area contributed by atoms with Gasteiger partial charge in [0.25, 0.3) is 5.91 Å². The molecule has 2 amide bonds. The van der Waals surface area contributed by atoms with Gasteiger partial charge in [0, 0.05) is 50.3 Å². The van der Waals surface area contributed by atoms with Gasteiger partial charge in [0.2, 0.25) is 5.91 Å². The van der Waals surface area contributed by atoms with E-state index in [1.807, 2.05) is 33.7 Å². The number of amides is 2. The lowest BCUT2D eigenvalue weighted by molar-refractivity contribution is -0.134. The van der Waals surface area contributed by atoms with Crippen molar-refractivity contribution in [1.82, 2.24) is 29.4 Å². The molecule has 5 aromatic rings. The Morgan fingerprint density at radius 3 is 2.71 bits per heavy atom. The first kappa shape index (κ1) is 32.0. The minimum atomic E-state index is -0.848. The number of fused-ring (bicyclic) bond motifs is 1. The number of rotatable bonds is 7. The molecule has 0 radical (unpaired) electrons. The van der Waals surface area contributed by atoms with Crippen LogP contribution >= 0.6 is 0 Å². The molecule has 1 aliphatic heterocycles. The Morgan fingerprint density at radius 1 is 1.12 bits per heavy atom. The lowest BCUT2D eigenvalue weighted by Crippen LogP contribution is -2.47. The van der Waals surface area contributed by atoms with Gasteiger partial charge in [-0.2, -0.15) is 10.4 Å². The lowest BCUT2D eigenvalue weighted by Gasteiger charge is -2.32. The standard InChI is InChI=1S/C36H34FN9O2/c1-23-12-31(37)30(15-25(23)7-8-29-19-39-34-32(6-5-9-46(29)34)42-28-17-40-41-18-28)35(48)43-27-14-24(13-26(16-27)36(2,3)22-38)20-45-11-10-44(4)33(47)21-45/h5-6,9,12-19,42H,10-11,20-21H2,1-4H3,(H,40,41)(H,43,48). The maximum absolute atomic E-state index is 15.3. The molecule has 0 unspecified atom stereocenters. The molecule has 0 bridgehead atoms. The summed E-state index contributed by atoms with van der Waals surface area (Å²) in [6.07, 6.45) is 6.90. The van der Waals surface area contributed by atoms with Crippen molar-refractivity contribution in [2.75, 3.05) is 37.3 Å². The number of carbonyl (C=O) groups excluding carboxylic acids is 2. The van der Waals surface area contributed by atoms with E-state index in [9.17, 15) is 14.9 Å². The highest BCUT2D eigenvalue weighted by Crippen LogP contribution is 2.28. The van der Waals surface area contributed by atoms with Crippen LogP contribution in [0.3, 0.4) is 0 Å². The van der Waals surface area contributed by atoms with E-state index in [4.69, 9.17) is 0 Å². The number of pyridine rings is 1. The normalized spacial score (nSPS) is 13.6. The summed E-state index contributed by atoms with van der Waals surface area (Å²) >= 11 is 0. The Hall–Kier alpha value is -5.98. The molecule has 0 aliphatic carbocycles. The number of halogens is 1. The van der Waals surface area contributed by atoms with Gasteiger partial charge in [-0.05, 0) is 79.8 Å². The van der Waals surface area contributed by atoms with Crippen LogP contribution in [0.1, 0.15) is 52.2 Å². The van der Waals surface area contributed by atoms with Crippen LogP contribution in [0.25, 0.3) is 5.65 Å². The van der Waals surface area contributed by atoms with Crippen LogP contribution in [-0.4, -0.2) is 67.9 Å². The smallest absolute Gasteiger partial charge is 0.258 e. The molecule has 1 saturated heterocycles. The van der Waals surface area contributed by atoms with Gasteiger partial charge in [0.15, 0.2) is 5.65 Å². The second kappa shape index (κ2) is 13.0. The third kappa shape index (κ3) is 6.75. The van der Waals surface area contributed by atoms with Gasteiger partial charge in [-0.3, -0.25) is 24.0 Å². The van der Waals surface area contributed by atoms with E-state index in [0.717, 1.165) is 16.9 Å². The summed E-state index contributed by atoms with van der Waals surface area (Å²) in [5.41, 5.74) is 4.85. The number of nitrogens with one attached hydrogen (secondary N) is 3. The first-order valence-electron chi connectivity index (χ1n) is 15.4. The monoisotopic (exact) mass is 643 g/mol. The van der Waals surface area contributed by atoms with Crippen LogP contribution < -0.4 is 10.6 Å². The largest absolute Gasteiger partial charge is 0.350 e. The number of carbonyl (C=O) groups is 2. The van der Waals surface area contributed by atoms with Crippen molar-refractivity contribution in [3.05, 3.63) is 107 Å². The Balaban J connectivity index is 1.26. The molecule has 3 aromatic heterocycles. The number of H-pyrrole nitrogens is 1. The highest BCUT2D eigenvalue weighted by Gasteiger charge is 2.25. The molecular weight excluding hydrogens is 609 g/mol. The highest BCUT2D eigenvalue weighted by molar-refractivity contribution is 6.05. The van der Waals surface area contributed by atoms with E-state index in [1.54, 1.807) is 63.4 Å². The van der Waals surface area contributed by atoms with Gasteiger partial charge in [-0.15, -0.1) is 0 Å². The Morgan fingerprint density at radius 2 is 1.96 bits per heavy atom.